The van der Waals surface area contributed by atoms with E-state index in [1.807, 2.05) is 82.3 Å². The standard InChI is InChI=1S/C35H38N8O4/c1-22(40-33(44)46-21-23-9-6-5-7-10-23)30-38-19-27(41-30)24-12-14-25(15-13-24)31-36-17-26(18-37-31)28-20-39-32(42-28)29-11-8-16-43(29)34(45)47-35(2,3)4/h5-7,9-10,12-15,17-20,22,29H,8,11,16,21H2,1-4H3,(H,38,41)(H,39,42)(H,40,44)/t22-,29-/m0/s1. The van der Waals surface area contributed by atoms with Crippen molar-refractivity contribution >= 4 is 12.2 Å². The van der Waals surface area contributed by atoms with E-state index >= 15 is 0 Å². The fourth-order valence-electron chi connectivity index (χ4n) is 5.37. The molecule has 0 radical (unpaired) electrons. The molecule has 3 aromatic heterocycles. The molecule has 4 heterocycles. The first-order valence-electron chi connectivity index (χ1n) is 15.6. The zero-order chi connectivity index (χ0) is 33.0. The Kier molecular flexibility index (Phi) is 9.01. The lowest BCUT2D eigenvalue weighted by atomic mass is 10.1. The minimum atomic E-state index is -0.557. The molecular weight excluding hydrogens is 596 g/mol. The summed E-state index contributed by atoms with van der Waals surface area (Å²) >= 11 is 0. The van der Waals surface area contributed by atoms with Crippen LogP contribution in [-0.2, 0) is 16.1 Å². The number of hydrogen-bond acceptors (Lipinski definition) is 8. The number of aromatic nitrogens is 6. The van der Waals surface area contributed by atoms with Crippen molar-refractivity contribution in [3.05, 3.63) is 96.6 Å². The summed E-state index contributed by atoms with van der Waals surface area (Å²) in [5, 5.41) is 2.81. The molecule has 1 saturated heterocycles. The molecule has 1 aliphatic rings. The van der Waals surface area contributed by atoms with E-state index < -0.39 is 11.7 Å². The number of amides is 2. The molecule has 3 N–H and O–H groups in total. The number of aromatic amines is 2. The average Bonchev–Trinajstić information content (AvgIpc) is 3.85. The Morgan fingerprint density at radius 2 is 1.57 bits per heavy atom. The second-order valence-electron chi connectivity index (χ2n) is 12.5. The number of alkyl carbamates (subject to hydrolysis) is 1. The Morgan fingerprint density at radius 3 is 2.30 bits per heavy atom. The molecule has 12 nitrogen and oxygen atoms in total. The maximum Gasteiger partial charge on any atom is 0.410 e. The summed E-state index contributed by atoms with van der Waals surface area (Å²) < 4.78 is 10.9. The molecule has 242 valence electrons. The fraction of sp³-hybridized carbons (Fsp3) is 0.314. The largest absolute Gasteiger partial charge is 0.445 e. The van der Waals surface area contributed by atoms with Crippen LogP contribution >= 0.6 is 0 Å². The predicted octanol–water partition coefficient (Wildman–Crippen LogP) is 6.98. The van der Waals surface area contributed by atoms with Gasteiger partial charge < -0.3 is 24.8 Å². The number of H-pyrrole nitrogens is 2. The lowest BCUT2D eigenvalue weighted by Crippen LogP contribution is -2.36. The Balaban J connectivity index is 1.06. The second-order valence-corrected chi connectivity index (χ2v) is 12.5. The average molecular weight is 635 g/mol. The van der Waals surface area contributed by atoms with Gasteiger partial charge in [-0.05, 0) is 51.7 Å². The first-order valence-corrected chi connectivity index (χ1v) is 15.6. The van der Waals surface area contributed by atoms with Crippen LogP contribution in [0.5, 0.6) is 0 Å². The van der Waals surface area contributed by atoms with Crippen molar-refractivity contribution in [2.75, 3.05) is 6.54 Å². The third-order valence-electron chi connectivity index (χ3n) is 7.76. The smallest absolute Gasteiger partial charge is 0.410 e. The van der Waals surface area contributed by atoms with Gasteiger partial charge in [0.25, 0.3) is 0 Å². The molecule has 0 bridgehead atoms. The maximum absolute atomic E-state index is 12.7. The second kappa shape index (κ2) is 13.5. The maximum atomic E-state index is 12.7. The number of ether oxygens (including phenoxy) is 2. The Bertz CT molecular complexity index is 1810. The van der Waals surface area contributed by atoms with E-state index in [9.17, 15) is 9.59 Å². The van der Waals surface area contributed by atoms with Crippen molar-refractivity contribution in [1.29, 1.82) is 0 Å². The van der Waals surface area contributed by atoms with Gasteiger partial charge in [-0.3, -0.25) is 4.90 Å². The molecule has 12 heteroatoms. The summed E-state index contributed by atoms with van der Waals surface area (Å²) in [6.45, 7) is 8.27. The molecule has 0 spiro atoms. The van der Waals surface area contributed by atoms with Crippen LogP contribution < -0.4 is 5.32 Å². The summed E-state index contributed by atoms with van der Waals surface area (Å²) in [5.74, 6) is 1.93. The first-order chi connectivity index (χ1) is 22.6. The quantitative estimate of drug-likeness (QED) is 0.165. The van der Waals surface area contributed by atoms with Crippen LogP contribution in [0.25, 0.3) is 33.9 Å². The summed E-state index contributed by atoms with van der Waals surface area (Å²) in [6, 6.07) is 16.8. The van der Waals surface area contributed by atoms with Gasteiger partial charge in [0, 0.05) is 30.1 Å². The molecule has 1 aliphatic heterocycles. The molecule has 2 aromatic carbocycles. The van der Waals surface area contributed by atoms with Crippen molar-refractivity contribution in [1.82, 2.24) is 40.1 Å². The van der Waals surface area contributed by atoms with Crippen LogP contribution in [0.1, 0.15) is 69.8 Å². The van der Waals surface area contributed by atoms with Crippen molar-refractivity contribution in [3.63, 3.8) is 0 Å². The number of rotatable bonds is 8. The van der Waals surface area contributed by atoms with Crippen molar-refractivity contribution in [2.45, 2.75) is 64.8 Å². The van der Waals surface area contributed by atoms with Crippen LogP contribution in [0.4, 0.5) is 9.59 Å². The number of likely N-dealkylation sites (tertiary alicyclic amines) is 1. The highest BCUT2D eigenvalue weighted by Crippen LogP contribution is 2.33. The Morgan fingerprint density at radius 1 is 0.894 bits per heavy atom. The van der Waals surface area contributed by atoms with Crippen LogP contribution in [0.3, 0.4) is 0 Å². The summed E-state index contributed by atoms with van der Waals surface area (Å²) in [6.07, 6.45) is 7.87. The van der Waals surface area contributed by atoms with E-state index in [0.29, 0.717) is 18.2 Å². The Hall–Kier alpha value is -5.52. The summed E-state index contributed by atoms with van der Waals surface area (Å²) in [5.41, 5.74) is 4.54. The monoisotopic (exact) mass is 634 g/mol. The number of carbonyl (C=O) groups excluding carboxylic acids is 2. The van der Waals surface area contributed by atoms with Crippen molar-refractivity contribution in [3.8, 4) is 33.9 Å². The van der Waals surface area contributed by atoms with Gasteiger partial charge in [0.2, 0.25) is 0 Å². The molecule has 0 aliphatic carbocycles. The minimum absolute atomic E-state index is 0.163. The van der Waals surface area contributed by atoms with Gasteiger partial charge in [-0.25, -0.2) is 29.5 Å². The molecule has 6 rings (SSSR count). The zero-order valence-electron chi connectivity index (χ0n) is 26.9. The molecule has 0 unspecified atom stereocenters. The van der Waals surface area contributed by atoms with Gasteiger partial charge in [-0.15, -0.1) is 0 Å². The van der Waals surface area contributed by atoms with Crippen molar-refractivity contribution in [2.24, 2.45) is 0 Å². The van der Waals surface area contributed by atoms with E-state index in [4.69, 9.17) is 9.47 Å². The van der Waals surface area contributed by atoms with E-state index in [2.05, 4.69) is 35.2 Å². The molecule has 5 aromatic rings. The van der Waals surface area contributed by atoms with E-state index in [1.54, 1.807) is 29.7 Å². The summed E-state index contributed by atoms with van der Waals surface area (Å²) in [7, 11) is 0. The summed E-state index contributed by atoms with van der Waals surface area (Å²) in [4.78, 5) is 51.6. The highest BCUT2D eigenvalue weighted by Gasteiger charge is 2.34. The normalized spacial score (nSPS) is 15.3. The lowest BCUT2D eigenvalue weighted by Gasteiger charge is -2.27. The lowest BCUT2D eigenvalue weighted by molar-refractivity contribution is 0.0218. The van der Waals surface area contributed by atoms with Gasteiger partial charge >= 0.3 is 12.2 Å². The zero-order valence-corrected chi connectivity index (χ0v) is 26.9. The van der Waals surface area contributed by atoms with Crippen LogP contribution in [-0.4, -0.2) is 59.1 Å². The molecule has 2 amide bonds. The SMILES string of the molecule is C[C@H](NC(=O)OCc1ccccc1)c1ncc(-c2ccc(-c3ncc(-c4cnc([C@@H]5CCCN5C(=O)OC(C)(C)C)[nH]4)cn3)cc2)[nH]1. The van der Waals surface area contributed by atoms with Crippen LogP contribution in [0.2, 0.25) is 0 Å². The topological polar surface area (TPSA) is 151 Å². The number of nitrogens with one attached hydrogen (secondary N) is 3. The number of nitrogens with zero attached hydrogens (tertiary/aromatic N) is 5. The molecule has 0 saturated carbocycles. The number of imidazole rings is 2. The van der Waals surface area contributed by atoms with Gasteiger partial charge in [0.15, 0.2) is 5.82 Å². The van der Waals surface area contributed by atoms with E-state index in [-0.39, 0.29) is 24.8 Å². The van der Waals surface area contributed by atoms with Gasteiger partial charge in [-0.1, -0.05) is 54.6 Å². The number of hydrogen-bond donors (Lipinski definition) is 3. The Labute approximate surface area is 273 Å². The highest BCUT2D eigenvalue weighted by atomic mass is 16.6. The predicted molar refractivity (Wildman–Crippen MR) is 176 cm³/mol. The molecule has 2 atom stereocenters. The van der Waals surface area contributed by atoms with Gasteiger partial charge in [0.05, 0.1) is 35.9 Å². The highest BCUT2D eigenvalue weighted by molar-refractivity contribution is 5.70. The molecule has 1 fully saturated rings. The third-order valence-corrected chi connectivity index (χ3v) is 7.76. The first kappa shape index (κ1) is 31.5. The minimum Gasteiger partial charge on any atom is -0.445 e. The van der Waals surface area contributed by atoms with Gasteiger partial charge in [0.1, 0.15) is 23.9 Å². The molecular formula is C35H38N8O4. The third kappa shape index (κ3) is 7.66. The van der Waals surface area contributed by atoms with Crippen LogP contribution in [0, 0.1) is 0 Å². The van der Waals surface area contributed by atoms with Crippen LogP contribution in [0.15, 0.2) is 79.4 Å². The van der Waals surface area contributed by atoms with Crippen molar-refractivity contribution < 1.29 is 19.1 Å². The molecule has 47 heavy (non-hydrogen) atoms. The van der Waals surface area contributed by atoms with E-state index in [0.717, 1.165) is 52.3 Å². The number of carbonyl (C=O) groups is 2. The van der Waals surface area contributed by atoms with E-state index in [1.165, 1.54) is 0 Å². The number of benzene rings is 2. The fourth-order valence-corrected chi connectivity index (χ4v) is 5.37. The van der Waals surface area contributed by atoms with Gasteiger partial charge in [-0.2, -0.15) is 0 Å².